The highest BCUT2D eigenvalue weighted by molar-refractivity contribution is 7.91. The molecular weight excluding hydrogens is 385 g/mol. The van der Waals surface area contributed by atoms with E-state index in [1.807, 2.05) is 0 Å². The maximum Gasteiger partial charge on any atom is 0.272 e. The van der Waals surface area contributed by atoms with Gasteiger partial charge in [0.2, 0.25) is 0 Å². The van der Waals surface area contributed by atoms with Crippen molar-refractivity contribution in [3.63, 3.8) is 0 Å². The van der Waals surface area contributed by atoms with Crippen molar-refractivity contribution < 1.29 is 31.1 Å². The van der Waals surface area contributed by atoms with Gasteiger partial charge < -0.3 is 14.6 Å². The molecule has 0 unspecified atom stereocenters. The third-order valence-electron chi connectivity index (χ3n) is 4.25. The second-order valence-corrected chi connectivity index (χ2v) is 8.93. The summed E-state index contributed by atoms with van der Waals surface area (Å²) in [6, 6.07) is 2.45. The molecule has 1 saturated heterocycles. The summed E-state index contributed by atoms with van der Waals surface area (Å²) < 4.78 is 71.0. The molecule has 6 nitrogen and oxygen atoms in total. The monoisotopic (exact) mass is 402 g/mol. The van der Waals surface area contributed by atoms with E-state index in [2.05, 4.69) is 5.32 Å². The highest BCUT2D eigenvalue weighted by Gasteiger charge is 2.39. The van der Waals surface area contributed by atoms with Crippen molar-refractivity contribution in [3.8, 4) is 0 Å². The summed E-state index contributed by atoms with van der Waals surface area (Å²) in [6.07, 6.45) is 1.29. The lowest BCUT2D eigenvalue weighted by molar-refractivity contribution is -0.0870. The topological polar surface area (TPSA) is 77.4 Å². The fourth-order valence-corrected chi connectivity index (χ4v) is 4.69. The van der Waals surface area contributed by atoms with Crippen molar-refractivity contribution in [2.45, 2.75) is 11.8 Å². The third kappa shape index (κ3) is 3.86. The maximum atomic E-state index is 13.3. The number of hydrogen-bond acceptors (Lipinski definition) is 4. The molecule has 0 spiro atoms. The number of benzene rings is 1. The number of amides is 1. The van der Waals surface area contributed by atoms with E-state index in [0.717, 1.165) is 0 Å². The summed E-state index contributed by atoms with van der Waals surface area (Å²) in [4.78, 5) is 12.3. The van der Waals surface area contributed by atoms with Gasteiger partial charge in [-0.15, -0.1) is 0 Å². The number of nitrogens with one attached hydrogen (secondary N) is 1. The SMILES string of the molecule is Cn1cc(S(=O)(=O)CC2(C)COC2)cc1C(=O)Nc1cc(F)c(F)c(F)c1. The molecule has 1 N–H and O–H groups in total. The Morgan fingerprint density at radius 3 is 2.33 bits per heavy atom. The first-order valence-electron chi connectivity index (χ1n) is 7.93. The van der Waals surface area contributed by atoms with E-state index in [4.69, 9.17) is 4.74 Å². The first-order chi connectivity index (χ1) is 12.5. The van der Waals surface area contributed by atoms with Crippen LogP contribution in [-0.4, -0.2) is 37.9 Å². The van der Waals surface area contributed by atoms with Gasteiger partial charge in [0, 0.05) is 36.5 Å². The van der Waals surface area contributed by atoms with E-state index >= 15 is 0 Å². The Labute approximate surface area is 153 Å². The van der Waals surface area contributed by atoms with Crippen molar-refractivity contribution in [3.05, 3.63) is 47.5 Å². The molecule has 2 heterocycles. The Kier molecular flexibility index (Phi) is 4.81. The number of hydrogen-bond donors (Lipinski definition) is 1. The zero-order chi connectivity index (χ0) is 20.0. The van der Waals surface area contributed by atoms with Crippen LogP contribution in [0.5, 0.6) is 0 Å². The molecule has 146 valence electrons. The summed E-state index contributed by atoms with van der Waals surface area (Å²) in [5.74, 6) is -5.46. The van der Waals surface area contributed by atoms with Crippen molar-refractivity contribution in [1.29, 1.82) is 0 Å². The van der Waals surface area contributed by atoms with Gasteiger partial charge in [-0.3, -0.25) is 4.79 Å². The number of carbonyl (C=O) groups is 1. The largest absolute Gasteiger partial charge is 0.380 e. The molecule has 1 aromatic heterocycles. The van der Waals surface area contributed by atoms with Gasteiger partial charge >= 0.3 is 0 Å². The number of sulfone groups is 1. The second-order valence-electron chi connectivity index (χ2n) is 6.94. The summed E-state index contributed by atoms with van der Waals surface area (Å²) in [6.45, 7) is 2.48. The molecule has 1 aliphatic rings. The second kappa shape index (κ2) is 6.68. The first-order valence-corrected chi connectivity index (χ1v) is 9.59. The average Bonchev–Trinajstić information content (AvgIpc) is 2.93. The standard InChI is InChI=1S/C17H17F3N2O4S/c1-17(7-26-8-17)9-27(24,25)11-5-14(22(2)6-11)16(23)21-10-3-12(18)15(20)13(19)4-10/h3-6H,7-9H2,1-2H3,(H,21,23). The third-order valence-corrected chi connectivity index (χ3v) is 6.27. The van der Waals surface area contributed by atoms with E-state index in [1.165, 1.54) is 23.9 Å². The van der Waals surface area contributed by atoms with Gasteiger partial charge in [0.1, 0.15) is 5.69 Å². The zero-order valence-electron chi connectivity index (χ0n) is 14.6. The van der Waals surface area contributed by atoms with Crippen LogP contribution in [0.4, 0.5) is 18.9 Å². The van der Waals surface area contributed by atoms with Crippen LogP contribution < -0.4 is 5.32 Å². The van der Waals surface area contributed by atoms with Crippen molar-refractivity contribution in [2.75, 3.05) is 24.3 Å². The fraction of sp³-hybridized carbons (Fsp3) is 0.353. The van der Waals surface area contributed by atoms with Crippen LogP contribution in [0.25, 0.3) is 0 Å². The van der Waals surface area contributed by atoms with E-state index in [1.54, 1.807) is 6.92 Å². The normalized spacial score (nSPS) is 16.0. The smallest absolute Gasteiger partial charge is 0.272 e. The van der Waals surface area contributed by atoms with Gasteiger partial charge in [0.15, 0.2) is 27.3 Å². The van der Waals surface area contributed by atoms with Crippen molar-refractivity contribution >= 4 is 21.4 Å². The van der Waals surface area contributed by atoms with Crippen LogP contribution in [0, 0.1) is 22.9 Å². The number of aromatic nitrogens is 1. The molecule has 1 fully saturated rings. The molecule has 3 rings (SSSR count). The van der Waals surface area contributed by atoms with Crippen molar-refractivity contribution in [1.82, 2.24) is 4.57 Å². The molecule has 0 bridgehead atoms. The average molecular weight is 402 g/mol. The number of ether oxygens (including phenoxy) is 1. The summed E-state index contributed by atoms with van der Waals surface area (Å²) in [7, 11) is -2.19. The van der Waals surface area contributed by atoms with Gasteiger partial charge in [-0.1, -0.05) is 6.92 Å². The molecular formula is C17H17F3N2O4S. The van der Waals surface area contributed by atoms with Gasteiger partial charge in [-0.2, -0.15) is 0 Å². The number of nitrogens with zero attached hydrogens (tertiary/aromatic N) is 1. The minimum atomic E-state index is -3.66. The molecule has 0 aliphatic carbocycles. The van der Waals surface area contributed by atoms with Crippen LogP contribution in [0.2, 0.25) is 0 Å². The van der Waals surface area contributed by atoms with Gasteiger partial charge in [-0.05, 0) is 6.07 Å². The Bertz CT molecular complexity index is 990. The van der Waals surface area contributed by atoms with Crippen molar-refractivity contribution in [2.24, 2.45) is 12.5 Å². The lowest BCUT2D eigenvalue weighted by atomic mass is 9.92. The number of anilines is 1. The molecule has 0 saturated carbocycles. The molecule has 0 atom stereocenters. The molecule has 1 aromatic carbocycles. The lowest BCUT2D eigenvalue weighted by Crippen LogP contribution is -2.45. The molecule has 10 heteroatoms. The zero-order valence-corrected chi connectivity index (χ0v) is 15.4. The fourth-order valence-electron chi connectivity index (χ4n) is 2.83. The molecule has 2 aromatic rings. The van der Waals surface area contributed by atoms with Crippen LogP contribution in [0.15, 0.2) is 29.3 Å². The summed E-state index contributed by atoms with van der Waals surface area (Å²) in [5.41, 5.74) is -0.796. The molecule has 1 aliphatic heterocycles. The van der Waals surface area contributed by atoms with E-state index in [-0.39, 0.29) is 22.0 Å². The predicted molar refractivity (Wildman–Crippen MR) is 90.7 cm³/mol. The minimum Gasteiger partial charge on any atom is -0.380 e. The Morgan fingerprint density at radius 1 is 1.22 bits per heavy atom. The Morgan fingerprint density at radius 2 is 1.81 bits per heavy atom. The highest BCUT2D eigenvalue weighted by atomic mass is 32.2. The quantitative estimate of drug-likeness (QED) is 0.780. The van der Waals surface area contributed by atoms with Crippen LogP contribution in [0.3, 0.4) is 0 Å². The Balaban J connectivity index is 1.82. The molecule has 27 heavy (non-hydrogen) atoms. The number of carbonyl (C=O) groups excluding carboxylic acids is 1. The van der Waals surface area contributed by atoms with E-state index in [0.29, 0.717) is 25.3 Å². The first kappa shape index (κ1) is 19.4. The van der Waals surface area contributed by atoms with Crippen LogP contribution in [-0.2, 0) is 21.6 Å². The van der Waals surface area contributed by atoms with Crippen LogP contribution in [0.1, 0.15) is 17.4 Å². The van der Waals surface area contributed by atoms with E-state index in [9.17, 15) is 26.4 Å². The molecule has 1 amide bonds. The lowest BCUT2D eigenvalue weighted by Gasteiger charge is -2.37. The number of halogens is 3. The summed E-state index contributed by atoms with van der Waals surface area (Å²) >= 11 is 0. The summed E-state index contributed by atoms with van der Waals surface area (Å²) in [5, 5.41) is 2.22. The predicted octanol–water partition coefficient (Wildman–Crippen LogP) is 2.50. The molecule has 0 radical (unpaired) electrons. The number of aryl methyl sites for hydroxylation is 1. The number of rotatable bonds is 5. The van der Waals surface area contributed by atoms with Gasteiger partial charge in [0.05, 0.1) is 23.9 Å². The highest BCUT2D eigenvalue weighted by Crippen LogP contribution is 2.31. The van der Waals surface area contributed by atoms with Crippen LogP contribution >= 0.6 is 0 Å². The van der Waals surface area contributed by atoms with E-state index < -0.39 is 38.6 Å². The maximum absolute atomic E-state index is 13.3. The Hall–Kier alpha value is -2.33. The minimum absolute atomic E-state index is 0.0336. The van der Waals surface area contributed by atoms with Gasteiger partial charge in [0.25, 0.3) is 5.91 Å². The van der Waals surface area contributed by atoms with Gasteiger partial charge in [-0.25, -0.2) is 21.6 Å².